The SMILES string of the molecule is NC1(C(=O)NC2(N=C=O)CC2)CCCCC1. The van der Waals surface area contributed by atoms with Crippen LogP contribution in [0.4, 0.5) is 0 Å². The number of isocyanates is 1. The van der Waals surface area contributed by atoms with E-state index in [9.17, 15) is 9.59 Å². The molecule has 2 rings (SSSR count). The highest BCUT2D eigenvalue weighted by molar-refractivity contribution is 5.87. The van der Waals surface area contributed by atoms with Crippen LogP contribution in [-0.4, -0.2) is 23.2 Å². The lowest BCUT2D eigenvalue weighted by Gasteiger charge is -2.32. The van der Waals surface area contributed by atoms with Gasteiger partial charge in [-0.05, 0) is 25.7 Å². The predicted molar refractivity (Wildman–Crippen MR) is 58.2 cm³/mol. The zero-order valence-electron chi connectivity index (χ0n) is 9.29. The predicted octanol–water partition coefficient (Wildman–Crippen LogP) is 0.590. The molecule has 5 nitrogen and oxygen atoms in total. The zero-order chi connectivity index (χ0) is 11.6. The number of nitrogens with one attached hydrogen (secondary N) is 1. The average Bonchev–Trinajstić information content (AvgIpc) is 2.99. The van der Waals surface area contributed by atoms with E-state index in [4.69, 9.17) is 5.73 Å². The Morgan fingerprint density at radius 2 is 1.81 bits per heavy atom. The first-order valence-corrected chi connectivity index (χ1v) is 5.81. The molecule has 88 valence electrons. The minimum absolute atomic E-state index is 0.163. The minimum atomic E-state index is -0.758. The Hall–Kier alpha value is -1.19. The summed E-state index contributed by atoms with van der Waals surface area (Å²) in [7, 11) is 0. The van der Waals surface area contributed by atoms with Gasteiger partial charge in [-0.1, -0.05) is 19.3 Å². The van der Waals surface area contributed by atoms with E-state index in [1.54, 1.807) is 0 Å². The number of aliphatic imine (C=N–C) groups is 1. The van der Waals surface area contributed by atoms with Crippen molar-refractivity contribution in [3.8, 4) is 0 Å². The molecule has 0 radical (unpaired) electrons. The third kappa shape index (κ3) is 2.15. The van der Waals surface area contributed by atoms with Gasteiger partial charge in [0.05, 0.1) is 5.54 Å². The van der Waals surface area contributed by atoms with E-state index in [0.717, 1.165) is 32.1 Å². The van der Waals surface area contributed by atoms with Crippen LogP contribution in [-0.2, 0) is 9.59 Å². The van der Waals surface area contributed by atoms with Crippen LogP contribution >= 0.6 is 0 Å². The summed E-state index contributed by atoms with van der Waals surface area (Å²) in [5.41, 5.74) is 4.65. The van der Waals surface area contributed by atoms with E-state index in [-0.39, 0.29) is 5.91 Å². The zero-order valence-corrected chi connectivity index (χ0v) is 9.29. The van der Waals surface area contributed by atoms with Crippen LogP contribution in [0.15, 0.2) is 4.99 Å². The number of carbonyl (C=O) groups excluding carboxylic acids is 2. The van der Waals surface area contributed by atoms with Gasteiger partial charge in [-0.3, -0.25) is 4.79 Å². The summed E-state index contributed by atoms with van der Waals surface area (Å²) in [6, 6.07) is 0. The lowest BCUT2D eigenvalue weighted by atomic mass is 9.82. The molecule has 0 aliphatic heterocycles. The number of amides is 1. The van der Waals surface area contributed by atoms with Crippen LogP contribution in [0.25, 0.3) is 0 Å². The fourth-order valence-electron chi connectivity index (χ4n) is 2.22. The fraction of sp³-hybridized carbons (Fsp3) is 0.818. The van der Waals surface area contributed by atoms with E-state index in [0.29, 0.717) is 12.8 Å². The smallest absolute Gasteiger partial charge is 0.241 e. The average molecular weight is 223 g/mol. The van der Waals surface area contributed by atoms with Crippen molar-refractivity contribution in [2.45, 2.75) is 56.1 Å². The maximum atomic E-state index is 12.0. The summed E-state index contributed by atoms with van der Waals surface area (Å²) in [6.45, 7) is 0. The van der Waals surface area contributed by atoms with Crippen molar-refractivity contribution in [2.75, 3.05) is 0 Å². The Bertz CT molecular complexity index is 337. The van der Waals surface area contributed by atoms with Crippen molar-refractivity contribution < 1.29 is 9.59 Å². The Kier molecular flexibility index (Phi) is 2.82. The van der Waals surface area contributed by atoms with E-state index < -0.39 is 11.2 Å². The van der Waals surface area contributed by atoms with E-state index >= 15 is 0 Å². The third-order valence-electron chi connectivity index (χ3n) is 3.53. The van der Waals surface area contributed by atoms with Crippen LogP contribution in [0.3, 0.4) is 0 Å². The molecule has 2 fully saturated rings. The summed E-state index contributed by atoms with van der Waals surface area (Å²) < 4.78 is 0. The van der Waals surface area contributed by atoms with Gasteiger partial charge in [0.2, 0.25) is 12.0 Å². The minimum Gasteiger partial charge on any atom is -0.329 e. The number of hydrogen-bond acceptors (Lipinski definition) is 4. The Morgan fingerprint density at radius 1 is 1.19 bits per heavy atom. The molecule has 0 spiro atoms. The van der Waals surface area contributed by atoms with Crippen molar-refractivity contribution in [3.63, 3.8) is 0 Å². The van der Waals surface area contributed by atoms with Crippen molar-refractivity contribution in [2.24, 2.45) is 10.7 Å². The van der Waals surface area contributed by atoms with Crippen molar-refractivity contribution in [3.05, 3.63) is 0 Å². The molecule has 0 aromatic carbocycles. The highest BCUT2D eigenvalue weighted by atomic mass is 16.2. The van der Waals surface area contributed by atoms with Gasteiger partial charge in [0.15, 0.2) is 0 Å². The van der Waals surface area contributed by atoms with Crippen molar-refractivity contribution in [1.82, 2.24) is 5.32 Å². The van der Waals surface area contributed by atoms with Gasteiger partial charge in [0, 0.05) is 0 Å². The molecule has 16 heavy (non-hydrogen) atoms. The molecule has 0 heterocycles. The van der Waals surface area contributed by atoms with Crippen LogP contribution in [0.1, 0.15) is 44.9 Å². The first-order chi connectivity index (χ1) is 7.60. The molecule has 0 aromatic heterocycles. The normalized spacial score (nSPS) is 25.3. The van der Waals surface area contributed by atoms with Gasteiger partial charge in [0.1, 0.15) is 5.66 Å². The molecule has 1 amide bonds. The molecule has 0 bridgehead atoms. The van der Waals surface area contributed by atoms with Crippen molar-refractivity contribution >= 4 is 12.0 Å². The van der Waals surface area contributed by atoms with E-state index in [1.165, 1.54) is 6.08 Å². The van der Waals surface area contributed by atoms with E-state index in [2.05, 4.69) is 10.3 Å². The number of nitrogens with zero attached hydrogens (tertiary/aromatic N) is 1. The first-order valence-electron chi connectivity index (χ1n) is 5.81. The highest BCUT2D eigenvalue weighted by Crippen LogP contribution is 2.37. The Balaban J connectivity index is 1.99. The van der Waals surface area contributed by atoms with Gasteiger partial charge >= 0.3 is 0 Å². The van der Waals surface area contributed by atoms with Crippen molar-refractivity contribution in [1.29, 1.82) is 0 Å². The standard InChI is InChI=1S/C11H17N3O2/c12-10(4-2-1-3-5-10)9(16)14-11(6-7-11)13-8-15/h1-7,12H2,(H,14,16). The van der Waals surface area contributed by atoms with Gasteiger partial charge in [0.25, 0.3) is 0 Å². The molecule has 2 aliphatic carbocycles. The Morgan fingerprint density at radius 3 is 2.31 bits per heavy atom. The van der Waals surface area contributed by atoms with E-state index in [1.807, 2.05) is 0 Å². The summed E-state index contributed by atoms with van der Waals surface area (Å²) in [4.78, 5) is 25.9. The summed E-state index contributed by atoms with van der Waals surface area (Å²) in [6.07, 6.45) is 7.51. The monoisotopic (exact) mass is 223 g/mol. The maximum absolute atomic E-state index is 12.0. The lowest BCUT2D eigenvalue weighted by Crippen LogP contribution is -2.57. The molecule has 0 saturated heterocycles. The molecule has 5 heteroatoms. The van der Waals surface area contributed by atoms with Crippen LogP contribution < -0.4 is 11.1 Å². The first kappa shape index (κ1) is 11.3. The van der Waals surface area contributed by atoms with Crippen LogP contribution in [0, 0.1) is 0 Å². The van der Waals surface area contributed by atoms with Gasteiger partial charge in [-0.2, -0.15) is 4.99 Å². The topological polar surface area (TPSA) is 84.6 Å². The number of hydrogen-bond donors (Lipinski definition) is 2. The fourth-order valence-corrected chi connectivity index (χ4v) is 2.22. The summed E-state index contributed by atoms with van der Waals surface area (Å²) >= 11 is 0. The Labute approximate surface area is 94.5 Å². The van der Waals surface area contributed by atoms with Gasteiger partial charge in [-0.15, -0.1) is 0 Å². The molecule has 2 saturated carbocycles. The second kappa shape index (κ2) is 4.00. The molecule has 0 atom stereocenters. The molecule has 2 aliphatic rings. The molecular formula is C11H17N3O2. The van der Waals surface area contributed by atoms with Gasteiger partial charge in [-0.25, -0.2) is 4.79 Å². The second-order valence-corrected chi connectivity index (χ2v) is 4.91. The summed E-state index contributed by atoms with van der Waals surface area (Å²) in [5, 5.41) is 2.79. The third-order valence-corrected chi connectivity index (χ3v) is 3.53. The quantitative estimate of drug-likeness (QED) is 0.542. The maximum Gasteiger partial charge on any atom is 0.241 e. The van der Waals surface area contributed by atoms with Crippen LogP contribution in [0.2, 0.25) is 0 Å². The molecule has 3 N–H and O–H groups in total. The van der Waals surface area contributed by atoms with Gasteiger partial charge < -0.3 is 11.1 Å². The molecular weight excluding hydrogens is 206 g/mol. The highest BCUT2D eigenvalue weighted by Gasteiger charge is 2.48. The number of nitrogens with two attached hydrogens (primary N) is 1. The second-order valence-electron chi connectivity index (χ2n) is 4.91. The molecule has 0 unspecified atom stereocenters. The number of rotatable bonds is 3. The number of carbonyl (C=O) groups is 1. The summed E-state index contributed by atoms with van der Waals surface area (Å²) in [5.74, 6) is -0.163. The van der Waals surface area contributed by atoms with Crippen LogP contribution in [0.5, 0.6) is 0 Å². The largest absolute Gasteiger partial charge is 0.329 e. The lowest BCUT2D eigenvalue weighted by molar-refractivity contribution is -0.128. The molecule has 0 aromatic rings.